The largest absolute Gasteiger partial charge is 0.416 e. The number of halogens is 3. The Kier molecular flexibility index (Phi) is 6.11. The first-order chi connectivity index (χ1) is 19.9. The normalized spacial score (nSPS) is 14.4. The highest BCUT2D eigenvalue weighted by Crippen LogP contribution is 2.40. The summed E-state index contributed by atoms with van der Waals surface area (Å²) in [4.78, 5) is 9.43. The van der Waals surface area contributed by atoms with Crippen LogP contribution in [0.5, 0.6) is 0 Å². The van der Waals surface area contributed by atoms with Gasteiger partial charge in [0.1, 0.15) is 0 Å². The fraction of sp³-hybridized carbons (Fsp3) is 0.167. The Bertz CT molecular complexity index is 1880. The first-order valence-corrected chi connectivity index (χ1v) is 14.0. The van der Waals surface area contributed by atoms with Crippen molar-refractivity contribution in [3.8, 4) is 33.5 Å². The van der Waals surface area contributed by atoms with Gasteiger partial charge >= 0.3 is 6.18 Å². The van der Waals surface area contributed by atoms with Gasteiger partial charge < -0.3 is 0 Å². The molecule has 0 bridgehead atoms. The van der Waals surface area contributed by atoms with Gasteiger partial charge in [-0.2, -0.15) is 13.2 Å². The zero-order valence-corrected chi connectivity index (χ0v) is 22.6. The van der Waals surface area contributed by atoms with Crippen LogP contribution in [0.4, 0.5) is 13.2 Å². The fourth-order valence-electron chi connectivity index (χ4n) is 5.97. The van der Waals surface area contributed by atoms with Crippen molar-refractivity contribution < 1.29 is 13.2 Å². The van der Waals surface area contributed by atoms with E-state index in [1.165, 1.54) is 28.8 Å². The molecule has 0 aliphatic heterocycles. The maximum Gasteiger partial charge on any atom is 0.416 e. The smallest absolute Gasteiger partial charge is 0.256 e. The van der Waals surface area contributed by atoms with Gasteiger partial charge in [-0.15, -0.1) is 0 Å². The number of rotatable bonds is 4. The molecule has 0 saturated carbocycles. The van der Waals surface area contributed by atoms with Crippen LogP contribution < -0.4 is 0 Å². The maximum absolute atomic E-state index is 13.5. The minimum Gasteiger partial charge on any atom is -0.256 e. The van der Waals surface area contributed by atoms with E-state index < -0.39 is 11.7 Å². The highest BCUT2D eigenvalue weighted by Gasteiger charge is 2.31. The number of hydrogen-bond donors (Lipinski definition) is 0. The predicted octanol–water partition coefficient (Wildman–Crippen LogP) is 9.87. The van der Waals surface area contributed by atoms with E-state index in [1.807, 2.05) is 49.5 Å². The van der Waals surface area contributed by atoms with Gasteiger partial charge in [0.25, 0.3) is 0 Å². The van der Waals surface area contributed by atoms with Crippen molar-refractivity contribution in [1.29, 1.82) is 0 Å². The molecule has 2 aromatic heterocycles. The van der Waals surface area contributed by atoms with Crippen LogP contribution >= 0.6 is 0 Å². The molecule has 0 fully saturated rings. The molecule has 2 heterocycles. The van der Waals surface area contributed by atoms with Crippen molar-refractivity contribution in [2.75, 3.05) is 0 Å². The van der Waals surface area contributed by atoms with Gasteiger partial charge in [0.15, 0.2) is 0 Å². The van der Waals surface area contributed by atoms with Crippen LogP contribution in [0.1, 0.15) is 42.0 Å². The van der Waals surface area contributed by atoms with Crippen LogP contribution in [0.15, 0.2) is 103 Å². The summed E-state index contributed by atoms with van der Waals surface area (Å²) in [6, 6.07) is 22.7. The molecular weight excluding hydrogens is 517 g/mol. The molecule has 41 heavy (non-hydrogen) atoms. The minimum atomic E-state index is -4.39. The van der Waals surface area contributed by atoms with Crippen LogP contribution in [0.2, 0.25) is 0 Å². The molecule has 5 aromatic rings. The molecule has 3 aromatic carbocycles. The number of fused-ring (bicyclic) bond motifs is 3. The Morgan fingerprint density at radius 1 is 0.756 bits per heavy atom. The first-order valence-electron chi connectivity index (χ1n) is 14.0. The molecular formula is C36H27F3N2. The number of pyridine rings is 2. The molecule has 0 N–H and O–H groups in total. The fourth-order valence-corrected chi connectivity index (χ4v) is 5.97. The van der Waals surface area contributed by atoms with E-state index in [4.69, 9.17) is 4.98 Å². The molecule has 0 unspecified atom stereocenters. The molecule has 0 spiro atoms. The molecule has 5 heteroatoms. The Balaban J connectivity index is 1.17. The number of aryl methyl sites for hydroxylation is 1. The number of benzene rings is 3. The van der Waals surface area contributed by atoms with Gasteiger partial charge in [0.05, 0.1) is 16.8 Å². The SMILES string of the molecule is CCc1cc(-c2ccc3cc(-c4ccc(-c5ccc6c(c5)C5=C(CCC=C5)C6)nc4)cnc3c2)cc(C(F)(F)F)c1. The van der Waals surface area contributed by atoms with Crippen LogP contribution in [-0.2, 0) is 19.0 Å². The highest BCUT2D eigenvalue weighted by atomic mass is 19.4. The van der Waals surface area contributed by atoms with E-state index in [2.05, 4.69) is 41.4 Å². The van der Waals surface area contributed by atoms with Crippen molar-refractivity contribution in [2.24, 2.45) is 0 Å². The third-order valence-electron chi connectivity index (χ3n) is 8.22. The van der Waals surface area contributed by atoms with Crippen molar-refractivity contribution in [3.63, 3.8) is 0 Å². The second-order valence-electron chi connectivity index (χ2n) is 10.8. The van der Waals surface area contributed by atoms with Crippen LogP contribution in [0.25, 0.3) is 50.0 Å². The Labute approximate surface area is 236 Å². The molecule has 2 aliphatic rings. The van der Waals surface area contributed by atoms with E-state index >= 15 is 0 Å². The third-order valence-corrected chi connectivity index (χ3v) is 8.22. The van der Waals surface area contributed by atoms with E-state index in [1.54, 1.807) is 11.8 Å². The minimum absolute atomic E-state index is 0.530. The summed E-state index contributed by atoms with van der Waals surface area (Å²) in [6.07, 6.45) is 7.67. The zero-order chi connectivity index (χ0) is 28.1. The van der Waals surface area contributed by atoms with Gasteiger partial charge in [-0.25, -0.2) is 0 Å². The topological polar surface area (TPSA) is 25.8 Å². The summed E-state index contributed by atoms with van der Waals surface area (Å²) in [6.45, 7) is 1.86. The van der Waals surface area contributed by atoms with Gasteiger partial charge in [0.2, 0.25) is 0 Å². The van der Waals surface area contributed by atoms with Crippen molar-refractivity contribution in [2.45, 2.75) is 38.8 Å². The molecule has 0 atom stereocenters. The summed E-state index contributed by atoms with van der Waals surface area (Å²) in [5.74, 6) is 0. The van der Waals surface area contributed by atoms with Crippen LogP contribution in [-0.4, -0.2) is 9.97 Å². The summed E-state index contributed by atoms with van der Waals surface area (Å²) < 4.78 is 40.4. The summed E-state index contributed by atoms with van der Waals surface area (Å²) >= 11 is 0. The van der Waals surface area contributed by atoms with Gasteiger partial charge in [-0.05, 0) is 95.5 Å². The molecule has 7 rings (SSSR count). The average molecular weight is 545 g/mol. The predicted molar refractivity (Wildman–Crippen MR) is 159 cm³/mol. The molecule has 0 amide bonds. The lowest BCUT2D eigenvalue weighted by Crippen LogP contribution is -2.06. The highest BCUT2D eigenvalue weighted by molar-refractivity contribution is 5.88. The summed E-state index contributed by atoms with van der Waals surface area (Å²) in [5.41, 5.74) is 11.6. The van der Waals surface area contributed by atoms with E-state index in [0.717, 1.165) is 52.5 Å². The lowest BCUT2D eigenvalue weighted by molar-refractivity contribution is -0.137. The monoisotopic (exact) mass is 544 g/mol. The number of allylic oxidation sites excluding steroid dienone is 4. The average Bonchev–Trinajstić information content (AvgIpc) is 3.38. The standard InChI is InChI=1S/C36H27F3N2/c1-2-22-13-29(17-31(14-22)36(37,38)39)23-7-9-26-16-30(21-41-35(26)19-23)28-11-12-34(40-20-28)27-10-8-25-15-24-5-3-4-6-32(24)33(25)18-27/h4,6-14,16-21H,2-3,5,15H2,1H3. The molecule has 0 radical (unpaired) electrons. The number of aromatic nitrogens is 2. The van der Waals surface area contributed by atoms with E-state index in [0.29, 0.717) is 23.1 Å². The van der Waals surface area contributed by atoms with Crippen molar-refractivity contribution in [1.82, 2.24) is 9.97 Å². The number of nitrogens with zero attached hydrogens (tertiary/aromatic N) is 2. The lowest BCUT2D eigenvalue weighted by atomic mass is 9.96. The lowest BCUT2D eigenvalue weighted by Gasteiger charge is -2.12. The Morgan fingerprint density at radius 3 is 2.39 bits per heavy atom. The van der Waals surface area contributed by atoms with Crippen molar-refractivity contribution in [3.05, 3.63) is 125 Å². The van der Waals surface area contributed by atoms with Gasteiger partial charge in [-0.3, -0.25) is 9.97 Å². The van der Waals surface area contributed by atoms with Crippen LogP contribution in [0.3, 0.4) is 0 Å². The Hall–Kier alpha value is -4.51. The molecule has 2 aliphatic carbocycles. The summed E-state index contributed by atoms with van der Waals surface area (Å²) in [5, 5.41) is 0.918. The van der Waals surface area contributed by atoms with E-state index in [9.17, 15) is 13.2 Å². The Morgan fingerprint density at radius 2 is 1.59 bits per heavy atom. The summed E-state index contributed by atoms with van der Waals surface area (Å²) in [7, 11) is 0. The van der Waals surface area contributed by atoms with Crippen molar-refractivity contribution >= 4 is 16.5 Å². The third kappa shape index (κ3) is 4.76. The van der Waals surface area contributed by atoms with Gasteiger partial charge in [0, 0.05) is 34.5 Å². The molecule has 202 valence electrons. The molecule has 2 nitrogen and oxygen atoms in total. The molecule has 0 saturated heterocycles. The van der Waals surface area contributed by atoms with Gasteiger partial charge in [-0.1, -0.05) is 61.0 Å². The quantitative estimate of drug-likeness (QED) is 0.225. The zero-order valence-electron chi connectivity index (χ0n) is 22.6. The second kappa shape index (κ2) is 9.84. The van der Waals surface area contributed by atoms with Crippen LogP contribution in [0, 0.1) is 0 Å². The first kappa shape index (κ1) is 25.5. The maximum atomic E-state index is 13.5. The number of hydrogen-bond acceptors (Lipinski definition) is 2. The number of alkyl halides is 3. The van der Waals surface area contributed by atoms with E-state index in [-0.39, 0.29) is 0 Å². The second-order valence-corrected chi connectivity index (χ2v) is 10.8.